The summed E-state index contributed by atoms with van der Waals surface area (Å²) >= 11 is 0. The minimum absolute atomic E-state index is 0.113. The average Bonchev–Trinajstić information content (AvgIpc) is 2.86. The van der Waals surface area contributed by atoms with E-state index >= 15 is 0 Å². The van der Waals surface area contributed by atoms with Crippen molar-refractivity contribution in [1.29, 1.82) is 0 Å². The molecular formula is C18H29N3O2. The minimum atomic E-state index is 0.113. The Labute approximate surface area is 138 Å². The van der Waals surface area contributed by atoms with Crippen LogP contribution in [0.25, 0.3) is 0 Å². The Morgan fingerprint density at radius 2 is 2.09 bits per heavy atom. The van der Waals surface area contributed by atoms with Crippen LogP contribution in [-0.4, -0.2) is 34.9 Å². The zero-order valence-electron chi connectivity index (χ0n) is 14.6. The van der Waals surface area contributed by atoms with Crippen LogP contribution in [-0.2, 0) is 16.0 Å². The van der Waals surface area contributed by atoms with Gasteiger partial charge in [-0.15, -0.1) is 0 Å². The van der Waals surface area contributed by atoms with Gasteiger partial charge in [-0.25, -0.2) is 0 Å². The lowest BCUT2D eigenvalue weighted by Gasteiger charge is -2.57. The molecule has 2 aliphatic rings. The first-order valence-corrected chi connectivity index (χ1v) is 8.98. The van der Waals surface area contributed by atoms with E-state index in [-0.39, 0.29) is 17.4 Å². The van der Waals surface area contributed by atoms with Gasteiger partial charge in [-0.2, -0.15) is 5.10 Å². The van der Waals surface area contributed by atoms with E-state index in [0.29, 0.717) is 12.5 Å². The van der Waals surface area contributed by atoms with Crippen molar-refractivity contribution in [2.75, 3.05) is 6.61 Å². The van der Waals surface area contributed by atoms with Crippen LogP contribution in [0.5, 0.6) is 0 Å². The van der Waals surface area contributed by atoms with Crippen LogP contribution in [0.2, 0.25) is 0 Å². The predicted molar refractivity (Wildman–Crippen MR) is 89.2 cm³/mol. The second-order valence-electron chi connectivity index (χ2n) is 7.18. The van der Waals surface area contributed by atoms with Gasteiger partial charge in [0.15, 0.2) is 0 Å². The van der Waals surface area contributed by atoms with E-state index in [4.69, 9.17) is 4.74 Å². The Balaban J connectivity index is 1.64. The number of ether oxygens (including phenoxy) is 1. The highest BCUT2D eigenvalue weighted by atomic mass is 16.5. The van der Waals surface area contributed by atoms with Crippen molar-refractivity contribution in [1.82, 2.24) is 15.5 Å². The molecular weight excluding hydrogens is 290 g/mol. The van der Waals surface area contributed by atoms with Gasteiger partial charge in [0.05, 0.1) is 18.2 Å². The highest BCUT2D eigenvalue weighted by Crippen LogP contribution is 2.53. The van der Waals surface area contributed by atoms with E-state index in [1.807, 2.05) is 13.8 Å². The summed E-state index contributed by atoms with van der Waals surface area (Å²) in [6.07, 6.45) is 7.91. The molecule has 1 heterocycles. The van der Waals surface area contributed by atoms with Gasteiger partial charge in [0.2, 0.25) is 5.91 Å². The molecule has 0 bridgehead atoms. The maximum Gasteiger partial charge on any atom is 0.224 e. The molecule has 5 nitrogen and oxygen atoms in total. The van der Waals surface area contributed by atoms with Crippen molar-refractivity contribution in [2.24, 2.45) is 5.41 Å². The number of rotatable bonds is 5. The molecule has 2 fully saturated rings. The number of carbonyl (C=O) groups is 1. The van der Waals surface area contributed by atoms with E-state index in [2.05, 4.69) is 22.4 Å². The number of carbonyl (C=O) groups excluding carboxylic acids is 1. The molecule has 2 unspecified atom stereocenters. The third-order valence-electron chi connectivity index (χ3n) is 5.89. The summed E-state index contributed by atoms with van der Waals surface area (Å²) in [5.41, 5.74) is 3.13. The van der Waals surface area contributed by atoms with E-state index in [0.717, 1.165) is 30.0 Å². The Kier molecular flexibility index (Phi) is 4.76. The first kappa shape index (κ1) is 16.5. The summed E-state index contributed by atoms with van der Waals surface area (Å²) in [6.45, 7) is 6.75. The average molecular weight is 319 g/mol. The fourth-order valence-corrected chi connectivity index (χ4v) is 4.51. The molecule has 2 saturated carbocycles. The highest BCUT2D eigenvalue weighted by molar-refractivity contribution is 5.79. The second-order valence-corrected chi connectivity index (χ2v) is 7.18. The standard InChI is InChI=1S/C18H29N3O2/c1-4-23-16-11-15(18(16)8-6-5-7-9-18)19-17(22)10-14-12(2)20-21-13(14)3/h15-16H,4-11H2,1-3H3,(H,19,22)(H,20,21). The Bertz CT molecular complexity index is 541. The molecule has 0 saturated heterocycles. The van der Waals surface area contributed by atoms with Crippen LogP contribution in [0, 0.1) is 19.3 Å². The molecule has 3 rings (SSSR count). The lowest BCUT2D eigenvalue weighted by atomic mass is 9.55. The van der Waals surface area contributed by atoms with Crippen molar-refractivity contribution in [3.05, 3.63) is 17.0 Å². The van der Waals surface area contributed by atoms with Crippen molar-refractivity contribution < 1.29 is 9.53 Å². The van der Waals surface area contributed by atoms with Crippen molar-refractivity contribution in [3.8, 4) is 0 Å². The number of hydrogen-bond acceptors (Lipinski definition) is 3. The third-order valence-corrected chi connectivity index (χ3v) is 5.89. The summed E-state index contributed by atoms with van der Waals surface area (Å²) in [5.74, 6) is 0.113. The normalized spacial score (nSPS) is 26.0. The highest BCUT2D eigenvalue weighted by Gasteiger charge is 2.56. The van der Waals surface area contributed by atoms with E-state index < -0.39 is 0 Å². The van der Waals surface area contributed by atoms with Crippen molar-refractivity contribution in [2.45, 2.75) is 77.9 Å². The van der Waals surface area contributed by atoms with Crippen molar-refractivity contribution in [3.63, 3.8) is 0 Å². The number of hydrogen-bond donors (Lipinski definition) is 2. The zero-order valence-corrected chi connectivity index (χ0v) is 14.6. The first-order valence-electron chi connectivity index (χ1n) is 8.98. The number of aromatic nitrogens is 2. The molecule has 0 aromatic carbocycles. The van der Waals surface area contributed by atoms with E-state index in [9.17, 15) is 4.79 Å². The Morgan fingerprint density at radius 3 is 2.70 bits per heavy atom. The predicted octanol–water partition coefficient (Wildman–Crippen LogP) is 2.81. The van der Waals surface area contributed by atoms with Gasteiger partial charge in [0, 0.05) is 29.3 Å². The van der Waals surface area contributed by atoms with Gasteiger partial charge in [-0.05, 0) is 40.0 Å². The fraction of sp³-hybridized carbons (Fsp3) is 0.778. The molecule has 128 valence electrons. The summed E-state index contributed by atoms with van der Waals surface area (Å²) in [5, 5.41) is 10.4. The largest absolute Gasteiger partial charge is 0.378 e. The van der Waals surface area contributed by atoms with Gasteiger partial charge in [-0.3, -0.25) is 9.89 Å². The SMILES string of the molecule is CCOC1CC(NC(=O)Cc2c(C)n[nH]c2C)C12CCCCC2. The first-order chi connectivity index (χ1) is 11.1. The lowest BCUT2D eigenvalue weighted by Crippen LogP contribution is -2.65. The Morgan fingerprint density at radius 1 is 1.35 bits per heavy atom. The monoisotopic (exact) mass is 319 g/mol. The van der Waals surface area contributed by atoms with E-state index in [1.54, 1.807) is 0 Å². The molecule has 0 radical (unpaired) electrons. The quantitative estimate of drug-likeness (QED) is 0.877. The van der Waals surface area contributed by atoms with Gasteiger partial charge in [-0.1, -0.05) is 19.3 Å². The van der Waals surface area contributed by atoms with Crippen LogP contribution in [0.1, 0.15) is 62.4 Å². The smallest absolute Gasteiger partial charge is 0.224 e. The molecule has 0 aliphatic heterocycles. The molecule has 5 heteroatoms. The maximum atomic E-state index is 12.5. The van der Waals surface area contributed by atoms with Gasteiger partial charge in [0.1, 0.15) is 0 Å². The minimum Gasteiger partial charge on any atom is -0.378 e. The second kappa shape index (κ2) is 6.63. The molecule has 1 aromatic rings. The number of H-pyrrole nitrogens is 1. The van der Waals surface area contributed by atoms with Crippen LogP contribution >= 0.6 is 0 Å². The zero-order chi connectivity index (χ0) is 16.4. The number of amides is 1. The van der Waals surface area contributed by atoms with Crippen molar-refractivity contribution >= 4 is 5.91 Å². The number of aromatic amines is 1. The third kappa shape index (κ3) is 3.03. The molecule has 2 N–H and O–H groups in total. The molecule has 1 spiro atoms. The summed E-state index contributed by atoms with van der Waals surface area (Å²) in [7, 11) is 0. The molecule has 2 aliphatic carbocycles. The molecule has 23 heavy (non-hydrogen) atoms. The fourth-order valence-electron chi connectivity index (χ4n) is 4.51. The molecule has 1 aromatic heterocycles. The summed E-state index contributed by atoms with van der Waals surface area (Å²) < 4.78 is 5.96. The van der Waals surface area contributed by atoms with Crippen LogP contribution in [0.4, 0.5) is 0 Å². The molecule has 1 amide bonds. The maximum absolute atomic E-state index is 12.5. The van der Waals surface area contributed by atoms with Crippen LogP contribution in [0.15, 0.2) is 0 Å². The van der Waals surface area contributed by atoms with Crippen LogP contribution < -0.4 is 5.32 Å². The number of aryl methyl sites for hydroxylation is 2. The van der Waals surface area contributed by atoms with Gasteiger partial charge < -0.3 is 10.1 Å². The Hall–Kier alpha value is -1.36. The summed E-state index contributed by atoms with van der Waals surface area (Å²) in [6, 6.07) is 0.277. The van der Waals surface area contributed by atoms with E-state index in [1.165, 1.54) is 32.1 Å². The van der Waals surface area contributed by atoms with Gasteiger partial charge in [0.25, 0.3) is 0 Å². The van der Waals surface area contributed by atoms with Crippen LogP contribution in [0.3, 0.4) is 0 Å². The summed E-state index contributed by atoms with van der Waals surface area (Å²) in [4.78, 5) is 12.5. The number of nitrogens with one attached hydrogen (secondary N) is 2. The lowest BCUT2D eigenvalue weighted by molar-refractivity contribution is -0.156. The molecule has 2 atom stereocenters. The topological polar surface area (TPSA) is 67.0 Å². The number of nitrogens with zero attached hydrogens (tertiary/aromatic N) is 1. The van der Waals surface area contributed by atoms with Gasteiger partial charge >= 0.3 is 0 Å².